The molecule has 2 heterocycles. The second-order valence-electron chi connectivity index (χ2n) is 7.37. The van der Waals surface area contributed by atoms with Crippen LogP contribution in [0.15, 0.2) is 18.5 Å². The lowest BCUT2D eigenvalue weighted by atomic mass is 9.84. The average Bonchev–Trinajstić information content (AvgIpc) is 2.53. The Hall–Kier alpha value is -1.53. The molecule has 1 amide bonds. The third-order valence-corrected chi connectivity index (χ3v) is 4.74. The van der Waals surface area contributed by atoms with Crippen LogP contribution in [-0.2, 0) is 4.79 Å². The van der Waals surface area contributed by atoms with Gasteiger partial charge in [0.25, 0.3) is 0 Å². The van der Waals surface area contributed by atoms with E-state index in [1.54, 1.807) is 6.92 Å². The molecular weight excluding hydrogens is 309 g/mol. The number of carbonyl (C=O) groups is 1. The highest BCUT2D eigenvalue weighted by molar-refractivity contribution is 5.73. The van der Waals surface area contributed by atoms with Crippen molar-refractivity contribution in [2.24, 2.45) is 5.92 Å². The Balaban J connectivity index is 1.80. The van der Waals surface area contributed by atoms with Crippen LogP contribution in [0.3, 0.4) is 0 Å². The Morgan fingerprint density at radius 1 is 1.46 bits per heavy atom. The van der Waals surface area contributed by atoms with Crippen LogP contribution in [0.4, 0.5) is 4.39 Å². The van der Waals surface area contributed by atoms with E-state index in [1.807, 2.05) is 4.90 Å². The highest BCUT2D eigenvalue weighted by Crippen LogP contribution is 2.26. The van der Waals surface area contributed by atoms with Gasteiger partial charge in [0, 0.05) is 43.9 Å². The van der Waals surface area contributed by atoms with Crippen molar-refractivity contribution in [3.8, 4) is 0 Å². The zero-order chi connectivity index (χ0) is 17.7. The van der Waals surface area contributed by atoms with E-state index in [9.17, 15) is 14.3 Å². The first kappa shape index (κ1) is 18.8. The summed E-state index contributed by atoms with van der Waals surface area (Å²) in [6.07, 6.45) is 4.84. The molecule has 6 heteroatoms. The number of aliphatic hydroxyl groups is 1. The lowest BCUT2D eigenvalue weighted by molar-refractivity contribution is -0.130. The first-order chi connectivity index (χ1) is 11.3. The number of hydrogen-bond donors (Lipinski definition) is 2. The van der Waals surface area contributed by atoms with Crippen LogP contribution in [0.2, 0.25) is 0 Å². The molecule has 24 heavy (non-hydrogen) atoms. The molecule has 0 spiro atoms. The number of β-amino-alcohol motifs (C(OH)–C–C–N with tert-alkyl or cyclic N) is 1. The minimum absolute atomic E-state index is 0.134. The number of pyridine rings is 1. The third-order valence-electron chi connectivity index (χ3n) is 4.74. The van der Waals surface area contributed by atoms with Crippen LogP contribution >= 0.6 is 0 Å². The molecule has 0 bridgehead atoms. The smallest absolute Gasteiger partial charge is 0.219 e. The van der Waals surface area contributed by atoms with Crippen molar-refractivity contribution < 1.29 is 14.3 Å². The van der Waals surface area contributed by atoms with Crippen molar-refractivity contribution in [2.75, 3.05) is 19.6 Å². The molecule has 2 N–H and O–H groups in total. The number of piperidine rings is 1. The molecule has 1 fully saturated rings. The Bertz CT molecular complexity index is 557. The summed E-state index contributed by atoms with van der Waals surface area (Å²) in [5, 5.41) is 13.6. The van der Waals surface area contributed by atoms with Gasteiger partial charge in [0.05, 0.1) is 12.3 Å². The van der Waals surface area contributed by atoms with Crippen LogP contribution in [0, 0.1) is 11.7 Å². The average molecular weight is 337 g/mol. The molecule has 0 unspecified atom stereocenters. The van der Waals surface area contributed by atoms with Crippen molar-refractivity contribution in [1.82, 2.24) is 15.2 Å². The molecule has 1 atom stereocenters. The van der Waals surface area contributed by atoms with Crippen molar-refractivity contribution >= 4 is 5.91 Å². The molecule has 0 saturated carbocycles. The number of halogens is 1. The summed E-state index contributed by atoms with van der Waals surface area (Å²) >= 11 is 0. The van der Waals surface area contributed by atoms with Crippen LogP contribution in [0.1, 0.15) is 51.7 Å². The molecule has 0 aliphatic carbocycles. The Morgan fingerprint density at radius 3 is 2.71 bits per heavy atom. The van der Waals surface area contributed by atoms with Gasteiger partial charge in [0.2, 0.25) is 5.91 Å². The van der Waals surface area contributed by atoms with Crippen molar-refractivity contribution in [1.29, 1.82) is 0 Å². The zero-order valence-electron chi connectivity index (χ0n) is 14.8. The summed E-state index contributed by atoms with van der Waals surface area (Å²) < 4.78 is 13.2. The fourth-order valence-corrected chi connectivity index (χ4v) is 3.35. The standard InChI is InChI=1S/C18H28FN3O2/c1-13(23)22-6-4-14(5-7-22)9-18(2,3)21-12-17(24)15-8-16(19)11-20-10-15/h8,10-11,14,17,21,24H,4-7,9,12H2,1-3H3/t17-/m0/s1. The quantitative estimate of drug-likeness (QED) is 0.836. The van der Waals surface area contributed by atoms with Crippen molar-refractivity contribution in [3.05, 3.63) is 29.8 Å². The maximum atomic E-state index is 13.2. The van der Waals surface area contributed by atoms with Gasteiger partial charge in [0.15, 0.2) is 0 Å². The van der Waals surface area contributed by atoms with Crippen LogP contribution < -0.4 is 5.32 Å². The van der Waals surface area contributed by atoms with E-state index in [0.717, 1.165) is 38.5 Å². The molecule has 1 saturated heterocycles. The number of rotatable bonds is 6. The summed E-state index contributed by atoms with van der Waals surface area (Å²) in [6, 6.07) is 1.31. The minimum atomic E-state index is -0.785. The Morgan fingerprint density at radius 2 is 2.12 bits per heavy atom. The summed E-state index contributed by atoms with van der Waals surface area (Å²) in [7, 11) is 0. The molecule has 5 nitrogen and oxygen atoms in total. The predicted molar refractivity (Wildman–Crippen MR) is 90.8 cm³/mol. The van der Waals surface area contributed by atoms with E-state index >= 15 is 0 Å². The number of hydrogen-bond acceptors (Lipinski definition) is 4. The van der Waals surface area contributed by atoms with E-state index in [4.69, 9.17) is 0 Å². The minimum Gasteiger partial charge on any atom is -0.387 e. The van der Waals surface area contributed by atoms with Crippen molar-refractivity contribution in [3.63, 3.8) is 0 Å². The van der Waals surface area contributed by atoms with E-state index in [2.05, 4.69) is 24.1 Å². The molecule has 1 aliphatic rings. The maximum absolute atomic E-state index is 13.2. The van der Waals surface area contributed by atoms with Gasteiger partial charge in [-0.05, 0) is 45.1 Å². The van der Waals surface area contributed by atoms with Gasteiger partial charge < -0.3 is 15.3 Å². The number of nitrogens with one attached hydrogen (secondary N) is 1. The molecule has 0 aromatic carbocycles. The molecule has 134 valence electrons. The second-order valence-corrected chi connectivity index (χ2v) is 7.37. The second kappa shape index (κ2) is 8.03. The highest BCUT2D eigenvalue weighted by Gasteiger charge is 2.27. The topological polar surface area (TPSA) is 65.5 Å². The van der Waals surface area contributed by atoms with E-state index in [1.165, 1.54) is 12.3 Å². The zero-order valence-corrected chi connectivity index (χ0v) is 14.8. The number of nitrogens with zero attached hydrogens (tertiary/aromatic N) is 2. The fraction of sp³-hybridized carbons (Fsp3) is 0.667. The van der Waals surface area contributed by atoms with Gasteiger partial charge in [0.1, 0.15) is 5.82 Å². The lowest BCUT2D eigenvalue weighted by Gasteiger charge is -2.36. The van der Waals surface area contributed by atoms with Crippen molar-refractivity contribution in [2.45, 2.75) is 51.7 Å². The number of likely N-dealkylation sites (tertiary alicyclic amines) is 1. The summed E-state index contributed by atoms with van der Waals surface area (Å²) in [6.45, 7) is 7.85. The van der Waals surface area contributed by atoms with Gasteiger partial charge in [-0.3, -0.25) is 9.78 Å². The largest absolute Gasteiger partial charge is 0.387 e. The van der Waals surface area contributed by atoms with E-state index < -0.39 is 11.9 Å². The number of aromatic nitrogens is 1. The van der Waals surface area contributed by atoms with Gasteiger partial charge in [-0.1, -0.05) is 0 Å². The number of aliphatic hydroxyl groups excluding tert-OH is 1. The monoisotopic (exact) mass is 337 g/mol. The van der Waals surface area contributed by atoms with E-state index in [-0.39, 0.29) is 11.4 Å². The molecule has 1 aromatic heterocycles. The van der Waals surface area contributed by atoms with Crippen LogP contribution in [0.5, 0.6) is 0 Å². The summed E-state index contributed by atoms with van der Waals surface area (Å²) in [5.74, 6) is 0.275. The van der Waals surface area contributed by atoms with Gasteiger partial charge in [-0.25, -0.2) is 4.39 Å². The molecule has 1 aromatic rings. The normalized spacial score (nSPS) is 17.8. The first-order valence-corrected chi connectivity index (χ1v) is 8.56. The first-order valence-electron chi connectivity index (χ1n) is 8.56. The highest BCUT2D eigenvalue weighted by atomic mass is 19.1. The molecular formula is C18H28FN3O2. The van der Waals surface area contributed by atoms with Crippen LogP contribution in [-0.4, -0.2) is 46.1 Å². The number of amides is 1. The summed E-state index contributed by atoms with van der Waals surface area (Å²) in [4.78, 5) is 17.1. The molecule has 2 rings (SSSR count). The Kier molecular flexibility index (Phi) is 6.29. The van der Waals surface area contributed by atoms with Gasteiger partial charge in [-0.15, -0.1) is 0 Å². The van der Waals surface area contributed by atoms with Crippen LogP contribution in [0.25, 0.3) is 0 Å². The van der Waals surface area contributed by atoms with Gasteiger partial charge >= 0.3 is 0 Å². The third kappa shape index (κ3) is 5.53. The SMILES string of the molecule is CC(=O)N1CCC(CC(C)(C)NC[C@H](O)c2cncc(F)c2)CC1. The Labute approximate surface area is 143 Å². The van der Waals surface area contributed by atoms with Gasteiger partial charge in [-0.2, -0.15) is 0 Å². The predicted octanol–water partition coefficient (Wildman–Crippen LogP) is 2.27. The lowest BCUT2D eigenvalue weighted by Crippen LogP contribution is -2.45. The molecule has 1 aliphatic heterocycles. The maximum Gasteiger partial charge on any atom is 0.219 e. The fourth-order valence-electron chi connectivity index (χ4n) is 3.35. The van der Waals surface area contributed by atoms with E-state index in [0.29, 0.717) is 18.0 Å². The summed E-state index contributed by atoms with van der Waals surface area (Å²) in [5.41, 5.74) is 0.346. The molecule has 0 radical (unpaired) electrons. The number of carbonyl (C=O) groups excluding carboxylic acids is 1.